The van der Waals surface area contributed by atoms with Gasteiger partial charge in [0.05, 0.1) is 16.6 Å². The molecular weight excluding hydrogens is 617 g/mol. The summed E-state index contributed by atoms with van der Waals surface area (Å²) in [7, 11) is 0. The van der Waals surface area contributed by atoms with Crippen LogP contribution >= 0.6 is 0 Å². The van der Waals surface area contributed by atoms with Crippen LogP contribution in [0.15, 0.2) is 182 Å². The molecule has 1 aliphatic carbocycles. The summed E-state index contributed by atoms with van der Waals surface area (Å²) in [4.78, 5) is 0. The summed E-state index contributed by atoms with van der Waals surface area (Å²) in [5.74, 6) is 0.385. The molecule has 0 unspecified atom stereocenters. The van der Waals surface area contributed by atoms with Gasteiger partial charge in [-0.15, -0.1) is 0 Å². The highest BCUT2D eigenvalue weighted by Crippen LogP contribution is 2.48. The van der Waals surface area contributed by atoms with Crippen molar-refractivity contribution in [3.63, 3.8) is 0 Å². The van der Waals surface area contributed by atoms with Crippen molar-refractivity contribution in [1.82, 2.24) is 9.13 Å². The Morgan fingerprint density at radius 3 is 1.57 bits per heavy atom. The van der Waals surface area contributed by atoms with Gasteiger partial charge in [-0.25, -0.2) is 0 Å². The van der Waals surface area contributed by atoms with Crippen LogP contribution in [0.1, 0.15) is 36.1 Å². The van der Waals surface area contributed by atoms with E-state index in [2.05, 4.69) is 198 Å². The Balaban J connectivity index is 1.21. The molecule has 0 spiro atoms. The summed E-state index contributed by atoms with van der Waals surface area (Å²) >= 11 is 0. The lowest BCUT2D eigenvalue weighted by Gasteiger charge is -2.25. The monoisotopic (exact) mass is 652 g/mol. The fourth-order valence-corrected chi connectivity index (χ4v) is 8.62. The summed E-state index contributed by atoms with van der Waals surface area (Å²) in [6.45, 7) is 2.37. The molecule has 2 aromatic heterocycles. The summed E-state index contributed by atoms with van der Waals surface area (Å²) in [6.07, 6.45) is 3.48. The van der Waals surface area contributed by atoms with E-state index in [-0.39, 0.29) is 0 Å². The molecule has 9 aromatic rings. The van der Waals surface area contributed by atoms with Gasteiger partial charge in [-0.1, -0.05) is 146 Å². The molecule has 0 fully saturated rings. The van der Waals surface area contributed by atoms with Gasteiger partial charge in [0.1, 0.15) is 0 Å². The first kappa shape index (κ1) is 29.5. The Bertz CT molecular complexity index is 2780. The van der Waals surface area contributed by atoms with E-state index < -0.39 is 0 Å². The number of para-hydroxylation sites is 4. The molecule has 0 radical (unpaired) electrons. The lowest BCUT2D eigenvalue weighted by molar-refractivity contribution is 0.721. The minimum absolute atomic E-state index is 0.385. The van der Waals surface area contributed by atoms with E-state index >= 15 is 0 Å². The number of rotatable bonds is 5. The predicted molar refractivity (Wildman–Crippen MR) is 215 cm³/mol. The zero-order chi connectivity index (χ0) is 33.9. The third-order valence-corrected chi connectivity index (χ3v) is 10.8. The molecule has 51 heavy (non-hydrogen) atoms. The van der Waals surface area contributed by atoms with Crippen LogP contribution in [0.4, 0.5) is 0 Å². The number of benzene rings is 7. The van der Waals surface area contributed by atoms with E-state index in [1.807, 2.05) is 0 Å². The maximum Gasteiger partial charge on any atom is 0.0547 e. The van der Waals surface area contributed by atoms with Gasteiger partial charge in [0.2, 0.25) is 0 Å². The Morgan fingerprint density at radius 2 is 0.882 bits per heavy atom. The van der Waals surface area contributed by atoms with Crippen molar-refractivity contribution in [2.24, 2.45) is 0 Å². The van der Waals surface area contributed by atoms with E-state index in [1.165, 1.54) is 88.7 Å². The highest BCUT2D eigenvalue weighted by Gasteiger charge is 2.29. The van der Waals surface area contributed by atoms with Crippen LogP contribution in [0.5, 0.6) is 0 Å². The second-order valence-electron chi connectivity index (χ2n) is 13.7. The van der Waals surface area contributed by atoms with Crippen LogP contribution in [0.3, 0.4) is 0 Å². The summed E-state index contributed by atoms with van der Waals surface area (Å²) in [5, 5.41) is 3.84. The lowest BCUT2D eigenvalue weighted by atomic mass is 9.81. The van der Waals surface area contributed by atoms with Crippen molar-refractivity contribution >= 4 is 38.3 Å². The minimum Gasteiger partial charge on any atom is -0.313 e. The Kier molecular flexibility index (Phi) is 6.89. The quantitative estimate of drug-likeness (QED) is 0.175. The molecule has 0 bridgehead atoms. The average molecular weight is 653 g/mol. The lowest BCUT2D eigenvalue weighted by Crippen LogP contribution is -2.10. The molecule has 0 amide bonds. The van der Waals surface area contributed by atoms with Gasteiger partial charge in [-0.3, -0.25) is 0 Å². The number of aromatic nitrogens is 2. The van der Waals surface area contributed by atoms with E-state index in [0.29, 0.717) is 5.92 Å². The number of nitrogens with zero attached hydrogens (tertiary/aromatic N) is 2. The van der Waals surface area contributed by atoms with E-state index in [4.69, 9.17) is 0 Å². The van der Waals surface area contributed by atoms with Crippen molar-refractivity contribution in [2.45, 2.75) is 19.3 Å². The molecule has 10 rings (SSSR count). The topological polar surface area (TPSA) is 9.86 Å². The summed E-state index contributed by atoms with van der Waals surface area (Å²) < 4.78 is 4.91. The standard InChI is InChI=1S/C49H36N2/c1-33-31-32-41(48-43-26-13-15-29-45(43)51(49(33)48)35-19-6-3-7-20-35)39-24-11-9-22-37(39)36-21-8-10-23-38(36)40-27-16-30-46-47(40)42-25-12-14-28-44(42)50(46)34-17-4-2-5-18-34/h2-30,32-33H,31H2,1H3/t33-/m0/s1. The summed E-state index contributed by atoms with van der Waals surface area (Å²) in [5.41, 5.74) is 16.4. The van der Waals surface area contributed by atoms with Crippen LogP contribution in [0, 0.1) is 0 Å². The maximum absolute atomic E-state index is 2.50. The molecule has 242 valence electrons. The number of hydrogen-bond donors (Lipinski definition) is 0. The maximum atomic E-state index is 2.50. The first-order valence-electron chi connectivity index (χ1n) is 17.9. The van der Waals surface area contributed by atoms with E-state index in [1.54, 1.807) is 0 Å². The van der Waals surface area contributed by atoms with Gasteiger partial charge < -0.3 is 9.13 Å². The van der Waals surface area contributed by atoms with Crippen molar-refractivity contribution in [2.75, 3.05) is 0 Å². The van der Waals surface area contributed by atoms with Crippen molar-refractivity contribution < 1.29 is 0 Å². The summed E-state index contributed by atoms with van der Waals surface area (Å²) in [6, 6.07) is 64.1. The molecule has 1 aliphatic rings. The zero-order valence-electron chi connectivity index (χ0n) is 28.5. The second-order valence-corrected chi connectivity index (χ2v) is 13.7. The van der Waals surface area contributed by atoms with Crippen LogP contribution in [0.25, 0.3) is 71.9 Å². The number of allylic oxidation sites excluding steroid dienone is 1. The molecular formula is C49H36N2. The smallest absolute Gasteiger partial charge is 0.0547 e. The van der Waals surface area contributed by atoms with Gasteiger partial charge >= 0.3 is 0 Å². The largest absolute Gasteiger partial charge is 0.313 e. The van der Waals surface area contributed by atoms with Crippen LogP contribution < -0.4 is 0 Å². The Morgan fingerprint density at radius 1 is 0.412 bits per heavy atom. The van der Waals surface area contributed by atoms with E-state index in [9.17, 15) is 0 Å². The minimum atomic E-state index is 0.385. The molecule has 1 atom stereocenters. The second kappa shape index (κ2) is 11.9. The molecule has 2 nitrogen and oxygen atoms in total. The normalized spacial score (nSPS) is 14.2. The fourth-order valence-electron chi connectivity index (χ4n) is 8.62. The molecule has 2 heteroatoms. The predicted octanol–water partition coefficient (Wildman–Crippen LogP) is 13.0. The third-order valence-electron chi connectivity index (χ3n) is 10.8. The Hall–Kier alpha value is -6.38. The third kappa shape index (κ3) is 4.57. The van der Waals surface area contributed by atoms with Crippen LogP contribution in [-0.4, -0.2) is 9.13 Å². The highest BCUT2D eigenvalue weighted by molar-refractivity contribution is 6.17. The molecule has 2 heterocycles. The van der Waals surface area contributed by atoms with Gasteiger partial charge in [0.15, 0.2) is 0 Å². The van der Waals surface area contributed by atoms with Gasteiger partial charge in [0.25, 0.3) is 0 Å². The van der Waals surface area contributed by atoms with Crippen molar-refractivity contribution in [3.8, 4) is 33.6 Å². The highest BCUT2D eigenvalue weighted by atomic mass is 15.0. The average Bonchev–Trinajstić information content (AvgIpc) is 3.73. The SMILES string of the molecule is C[C@H]1CC=C(c2ccccc2-c2ccccc2-c2cccc3c2c2ccccc2n3-c2ccccc2)c2c1n(-c1ccccc1)c1ccccc21. The van der Waals surface area contributed by atoms with Gasteiger partial charge in [-0.2, -0.15) is 0 Å². The van der Waals surface area contributed by atoms with Crippen molar-refractivity contribution in [1.29, 1.82) is 0 Å². The van der Waals surface area contributed by atoms with Crippen molar-refractivity contribution in [3.05, 3.63) is 199 Å². The molecule has 7 aromatic carbocycles. The van der Waals surface area contributed by atoms with Gasteiger partial charge in [-0.05, 0) is 82.3 Å². The molecule has 0 saturated carbocycles. The van der Waals surface area contributed by atoms with Gasteiger partial charge in [0, 0.05) is 44.7 Å². The fraction of sp³-hybridized carbons (Fsp3) is 0.0612. The first-order chi connectivity index (χ1) is 25.3. The zero-order valence-corrected chi connectivity index (χ0v) is 28.5. The first-order valence-corrected chi connectivity index (χ1v) is 17.9. The van der Waals surface area contributed by atoms with E-state index in [0.717, 1.165) is 6.42 Å². The van der Waals surface area contributed by atoms with Crippen LogP contribution in [-0.2, 0) is 0 Å². The molecule has 0 saturated heterocycles. The Labute approximate surface area is 298 Å². The number of fused-ring (bicyclic) bond motifs is 6. The van der Waals surface area contributed by atoms with Crippen LogP contribution in [0.2, 0.25) is 0 Å². The molecule has 0 N–H and O–H groups in total. The number of hydrogen-bond acceptors (Lipinski definition) is 0. The molecule has 0 aliphatic heterocycles.